The van der Waals surface area contributed by atoms with E-state index in [9.17, 15) is 0 Å². The number of hydrogen-bond donors (Lipinski definition) is 2. The zero-order valence-corrected chi connectivity index (χ0v) is 11.4. The van der Waals surface area contributed by atoms with Crippen molar-refractivity contribution >= 4 is 5.84 Å². The first-order valence-electron chi connectivity index (χ1n) is 6.62. The van der Waals surface area contributed by atoms with E-state index >= 15 is 0 Å². The van der Waals surface area contributed by atoms with Gasteiger partial charge >= 0.3 is 0 Å². The van der Waals surface area contributed by atoms with Crippen LogP contribution in [0.15, 0.2) is 5.16 Å². The number of hydrogen-bond acceptors (Lipinski definition) is 3. The lowest BCUT2D eigenvalue weighted by Gasteiger charge is -2.23. The molecule has 1 aliphatic carbocycles. The molecule has 0 amide bonds. The zero-order valence-electron chi connectivity index (χ0n) is 11.4. The van der Waals surface area contributed by atoms with Crippen molar-refractivity contribution in [3.05, 3.63) is 0 Å². The fraction of sp³-hybridized carbons (Fsp3) is 0.923. The third-order valence-corrected chi connectivity index (χ3v) is 3.66. The lowest BCUT2D eigenvalue weighted by atomic mass is 9.86. The Morgan fingerprint density at radius 3 is 2.59 bits per heavy atom. The summed E-state index contributed by atoms with van der Waals surface area (Å²) in [4.78, 5) is 2.42. The van der Waals surface area contributed by atoms with Crippen molar-refractivity contribution in [3.63, 3.8) is 0 Å². The van der Waals surface area contributed by atoms with Gasteiger partial charge in [0, 0.05) is 12.0 Å². The van der Waals surface area contributed by atoms with Crippen molar-refractivity contribution in [2.75, 3.05) is 20.1 Å². The summed E-state index contributed by atoms with van der Waals surface area (Å²) in [5.74, 6) is 1.30. The second-order valence-corrected chi connectivity index (χ2v) is 6.03. The molecule has 1 rings (SSSR count). The smallest absolute Gasteiger partial charge is 0.144 e. The predicted octanol–water partition coefficient (Wildman–Crippen LogP) is 2.27. The molecule has 1 fully saturated rings. The average Bonchev–Trinajstić information content (AvgIpc) is 3.07. The first kappa shape index (κ1) is 14.3. The second kappa shape index (κ2) is 6.24. The van der Waals surface area contributed by atoms with Gasteiger partial charge in [-0.2, -0.15) is 0 Å². The van der Waals surface area contributed by atoms with Crippen molar-refractivity contribution < 1.29 is 5.21 Å². The number of rotatable bonds is 8. The van der Waals surface area contributed by atoms with E-state index in [0.717, 1.165) is 25.3 Å². The summed E-state index contributed by atoms with van der Waals surface area (Å²) in [6.45, 7) is 6.46. The summed E-state index contributed by atoms with van der Waals surface area (Å²) in [7, 11) is 2.20. The summed E-state index contributed by atoms with van der Waals surface area (Å²) in [6, 6.07) is 0. The third kappa shape index (κ3) is 5.39. The molecular formula is C13H27N3O. The molecule has 100 valence electrons. The van der Waals surface area contributed by atoms with Crippen LogP contribution >= 0.6 is 0 Å². The van der Waals surface area contributed by atoms with Crippen LogP contribution < -0.4 is 5.73 Å². The summed E-state index contributed by atoms with van der Waals surface area (Å²) in [5.41, 5.74) is 5.47. The lowest BCUT2D eigenvalue weighted by Crippen LogP contribution is -2.32. The topological polar surface area (TPSA) is 61.8 Å². The molecule has 0 spiro atoms. The second-order valence-electron chi connectivity index (χ2n) is 6.03. The first-order valence-corrected chi connectivity index (χ1v) is 6.62. The highest BCUT2D eigenvalue weighted by Gasteiger charge is 2.24. The van der Waals surface area contributed by atoms with Gasteiger partial charge < -0.3 is 15.8 Å². The van der Waals surface area contributed by atoms with E-state index in [1.165, 1.54) is 25.8 Å². The summed E-state index contributed by atoms with van der Waals surface area (Å²) < 4.78 is 0. The fourth-order valence-corrected chi connectivity index (χ4v) is 2.04. The molecule has 0 aromatic rings. The summed E-state index contributed by atoms with van der Waals surface area (Å²) >= 11 is 0. The quantitative estimate of drug-likeness (QED) is 0.225. The van der Waals surface area contributed by atoms with Gasteiger partial charge in [0.1, 0.15) is 5.84 Å². The highest BCUT2D eigenvalue weighted by molar-refractivity contribution is 5.85. The fourth-order valence-electron chi connectivity index (χ4n) is 2.04. The van der Waals surface area contributed by atoms with Gasteiger partial charge in [0.05, 0.1) is 0 Å². The molecule has 0 bridgehead atoms. The Labute approximate surface area is 105 Å². The van der Waals surface area contributed by atoms with Gasteiger partial charge in [0.25, 0.3) is 0 Å². The Hall–Kier alpha value is -0.770. The van der Waals surface area contributed by atoms with Crippen molar-refractivity contribution in [2.24, 2.45) is 22.2 Å². The minimum atomic E-state index is -0.191. The zero-order chi connectivity index (χ0) is 12.9. The SMILES string of the molecule is CN(CCCCC(C)(C)C(N)=NO)CC1CC1. The van der Waals surface area contributed by atoms with Crippen LogP contribution in [0.2, 0.25) is 0 Å². The monoisotopic (exact) mass is 241 g/mol. The Morgan fingerprint density at radius 1 is 1.41 bits per heavy atom. The van der Waals surface area contributed by atoms with E-state index < -0.39 is 0 Å². The maximum atomic E-state index is 8.68. The van der Waals surface area contributed by atoms with Gasteiger partial charge in [0.15, 0.2) is 0 Å². The van der Waals surface area contributed by atoms with Gasteiger partial charge in [0.2, 0.25) is 0 Å². The van der Waals surface area contributed by atoms with Crippen molar-refractivity contribution in [3.8, 4) is 0 Å². The van der Waals surface area contributed by atoms with Crippen LogP contribution in [0.1, 0.15) is 46.0 Å². The van der Waals surface area contributed by atoms with Gasteiger partial charge in [-0.25, -0.2) is 0 Å². The van der Waals surface area contributed by atoms with Gasteiger partial charge in [-0.1, -0.05) is 25.4 Å². The van der Waals surface area contributed by atoms with Gasteiger partial charge in [-0.05, 0) is 45.2 Å². The number of oxime groups is 1. The van der Waals surface area contributed by atoms with Crippen molar-refractivity contribution in [2.45, 2.75) is 46.0 Å². The molecule has 0 heterocycles. The largest absolute Gasteiger partial charge is 0.409 e. The Kier molecular flexibility index (Phi) is 5.25. The van der Waals surface area contributed by atoms with Crippen LogP contribution in [-0.4, -0.2) is 36.1 Å². The Morgan fingerprint density at radius 2 is 2.06 bits per heavy atom. The molecule has 4 nitrogen and oxygen atoms in total. The van der Waals surface area contributed by atoms with Crippen LogP contribution in [-0.2, 0) is 0 Å². The molecular weight excluding hydrogens is 214 g/mol. The molecule has 17 heavy (non-hydrogen) atoms. The summed E-state index contributed by atoms with van der Waals surface area (Å²) in [5, 5.41) is 11.8. The molecule has 0 aromatic heterocycles. The van der Waals surface area contributed by atoms with Crippen LogP contribution in [0.3, 0.4) is 0 Å². The van der Waals surface area contributed by atoms with Crippen LogP contribution in [0.25, 0.3) is 0 Å². The van der Waals surface area contributed by atoms with E-state index in [0.29, 0.717) is 5.84 Å². The van der Waals surface area contributed by atoms with E-state index in [2.05, 4.69) is 17.1 Å². The third-order valence-electron chi connectivity index (χ3n) is 3.66. The van der Waals surface area contributed by atoms with Crippen molar-refractivity contribution in [1.29, 1.82) is 0 Å². The van der Waals surface area contributed by atoms with Crippen molar-refractivity contribution in [1.82, 2.24) is 4.90 Å². The number of nitrogens with two attached hydrogens (primary N) is 1. The number of amidine groups is 1. The maximum Gasteiger partial charge on any atom is 0.144 e. The molecule has 0 aliphatic heterocycles. The highest BCUT2D eigenvalue weighted by Crippen LogP contribution is 2.29. The molecule has 0 saturated heterocycles. The summed E-state index contributed by atoms with van der Waals surface area (Å²) in [6.07, 6.45) is 6.12. The molecule has 0 radical (unpaired) electrons. The van der Waals surface area contributed by atoms with E-state index in [1.807, 2.05) is 13.8 Å². The number of unbranched alkanes of at least 4 members (excludes halogenated alkanes) is 1. The molecule has 3 N–H and O–H groups in total. The Balaban J connectivity index is 2.10. The highest BCUT2D eigenvalue weighted by atomic mass is 16.4. The van der Waals surface area contributed by atoms with Crippen LogP contribution in [0.4, 0.5) is 0 Å². The normalized spacial score (nSPS) is 17.8. The molecule has 1 saturated carbocycles. The average molecular weight is 241 g/mol. The van der Waals surface area contributed by atoms with E-state index in [4.69, 9.17) is 10.9 Å². The van der Waals surface area contributed by atoms with E-state index in [1.54, 1.807) is 0 Å². The van der Waals surface area contributed by atoms with Crippen LogP contribution in [0.5, 0.6) is 0 Å². The van der Waals surface area contributed by atoms with Crippen LogP contribution in [0, 0.1) is 11.3 Å². The first-order chi connectivity index (χ1) is 7.95. The standard InChI is InChI=1S/C13H27N3O/c1-13(2,12(14)15-17)8-4-5-9-16(3)10-11-6-7-11/h11,17H,4-10H2,1-3H3,(H2,14,15). The Bertz CT molecular complexity index is 259. The van der Waals surface area contributed by atoms with E-state index in [-0.39, 0.29) is 5.41 Å². The molecule has 1 aliphatic rings. The van der Waals surface area contributed by atoms with Gasteiger partial charge in [-0.3, -0.25) is 0 Å². The molecule has 0 aromatic carbocycles. The van der Waals surface area contributed by atoms with Gasteiger partial charge in [-0.15, -0.1) is 0 Å². The number of nitrogens with zero attached hydrogens (tertiary/aromatic N) is 2. The molecule has 0 unspecified atom stereocenters. The minimum Gasteiger partial charge on any atom is -0.409 e. The minimum absolute atomic E-state index is 0.191. The molecule has 0 atom stereocenters. The lowest BCUT2D eigenvalue weighted by molar-refractivity contribution is 0.294. The maximum absolute atomic E-state index is 8.68. The molecule has 4 heteroatoms. The predicted molar refractivity (Wildman–Crippen MR) is 71.3 cm³/mol.